The number of hydrogen-bond donors (Lipinski definition) is 2. The van der Waals surface area contributed by atoms with Crippen molar-refractivity contribution >= 4 is 17.7 Å². The Morgan fingerprint density at radius 2 is 2.11 bits per heavy atom. The molecule has 0 unspecified atom stereocenters. The second-order valence-electron chi connectivity index (χ2n) is 5.71. The van der Waals surface area contributed by atoms with Gasteiger partial charge >= 0.3 is 0 Å². The molecule has 1 saturated carbocycles. The third-order valence-corrected chi connectivity index (χ3v) is 4.20. The smallest absolute Gasteiger partial charge is 0.273 e. The van der Waals surface area contributed by atoms with Crippen molar-refractivity contribution < 1.29 is 4.79 Å². The summed E-state index contributed by atoms with van der Waals surface area (Å²) in [5, 5.41) is 4.17. The number of carbonyl (C=O) groups is 1. The maximum atomic E-state index is 11.9. The quantitative estimate of drug-likeness (QED) is 0.782. The molecule has 1 amide bonds. The molecule has 4 nitrogen and oxygen atoms in total. The molecule has 2 aliphatic carbocycles. The summed E-state index contributed by atoms with van der Waals surface area (Å²) in [6.07, 6.45) is 9.12. The fourth-order valence-electron chi connectivity index (χ4n) is 3.02. The molecule has 0 aromatic carbocycles. The zero-order valence-electron chi connectivity index (χ0n) is 10.8. The van der Waals surface area contributed by atoms with E-state index in [-0.39, 0.29) is 5.91 Å². The number of H-pyrrole nitrogens is 1. The Morgan fingerprint density at radius 1 is 1.26 bits per heavy atom. The molecule has 4 heteroatoms. The van der Waals surface area contributed by atoms with Crippen LogP contribution in [-0.4, -0.2) is 16.6 Å². The van der Waals surface area contributed by atoms with Crippen LogP contribution >= 0.6 is 0 Å². The summed E-state index contributed by atoms with van der Waals surface area (Å²) in [5.74, 6) is 0.434. The predicted molar refractivity (Wildman–Crippen MR) is 73.7 cm³/mol. The van der Waals surface area contributed by atoms with E-state index >= 15 is 0 Å². The number of nitrogens with one attached hydrogen (secondary N) is 2. The third-order valence-electron chi connectivity index (χ3n) is 4.20. The second kappa shape index (κ2) is 4.08. The Morgan fingerprint density at radius 3 is 2.89 bits per heavy atom. The Kier molecular flexibility index (Phi) is 2.37. The van der Waals surface area contributed by atoms with E-state index < -0.39 is 0 Å². The standard InChI is InChI=1S/C15H17N3O/c19-15-12(14(17-18-15)9-5-6-9)8-11-7-10-3-1-2-4-13(10)16-11/h7-9,16H,1-6H2,(H,18,19)/b12-8+. The molecule has 1 aromatic heterocycles. The van der Waals surface area contributed by atoms with Crippen LogP contribution in [0.15, 0.2) is 16.7 Å². The van der Waals surface area contributed by atoms with E-state index in [0.29, 0.717) is 5.92 Å². The van der Waals surface area contributed by atoms with Gasteiger partial charge in [0, 0.05) is 17.3 Å². The Labute approximate surface area is 112 Å². The molecule has 0 radical (unpaired) electrons. The van der Waals surface area contributed by atoms with Crippen LogP contribution in [0.4, 0.5) is 0 Å². The van der Waals surface area contributed by atoms with Gasteiger partial charge in [-0.3, -0.25) is 4.79 Å². The number of carbonyl (C=O) groups excluding carboxylic acids is 1. The van der Waals surface area contributed by atoms with E-state index in [1.807, 2.05) is 6.08 Å². The summed E-state index contributed by atoms with van der Waals surface area (Å²) in [5.41, 5.74) is 8.11. The lowest BCUT2D eigenvalue weighted by molar-refractivity contribution is -0.116. The van der Waals surface area contributed by atoms with Crippen LogP contribution in [0.25, 0.3) is 6.08 Å². The second-order valence-corrected chi connectivity index (χ2v) is 5.71. The van der Waals surface area contributed by atoms with E-state index in [0.717, 1.165) is 42.7 Å². The van der Waals surface area contributed by atoms with Crippen LogP contribution < -0.4 is 5.43 Å². The van der Waals surface area contributed by atoms with Crippen LogP contribution in [0.1, 0.15) is 42.6 Å². The number of hydrogen-bond acceptors (Lipinski definition) is 2. The molecule has 4 rings (SSSR count). The molecule has 0 saturated heterocycles. The zero-order valence-corrected chi connectivity index (χ0v) is 10.8. The molecule has 0 atom stereocenters. The van der Waals surface area contributed by atoms with Gasteiger partial charge in [-0.25, -0.2) is 5.43 Å². The highest BCUT2D eigenvalue weighted by atomic mass is 16.2. The van der Waals surface area contributed by atoms with Crippen molar-refractivity contribution in [3.63, 3.8) is 0 Å². The highest BCUT2D eigenvalue weighted by molar-refractivity contribution is 6.28. The average molecular weight is 255 g/mol. The maximum absolute atomic E-state index is 11.9. The van der Waals surface area contributed by atoms with Crippen molar-refractivity contribution in [2.75, 3.05) is 0 Å². The molecule has 0 bridgehead atoms. The van der Waals surface area contributed by atoms with Crippen molar-refractivity contribution in [3.8, 4) is 0 Å². The Hall–Kier alpha value is -1.84. The first-order valence-corrected chi connectivity index (χ1v) is 7.12. The van der Waals surface area contributed by atoms with Crippen molar-refractivity contribution in [1.82, 2.24) is 10.4 Å². The number of amides is 1. The van der Waals surface area contributed by atoms with Crippen LogP contribution in [0.2, 0.25) is 0 Å². The number of fused-ring (bicyclic) bond motifs is 1. The summed E-state index contributed by atoms with van der Waals surface area (Å²) in [4.78, 5) is 15.3. The predicted octanol–water partition coefficient (Wildman–Crippen LogP) is 2.17. The van der Waals surface area contributed by atoms with Crippen LogP contribution in [0.3, 0.4) is 0 Å². The SMILES string of the molecule is O=C1NN=C(C2CC2)/C1=C\c1cc2c([nH]1)CCCC2. The topological polar surface area (TPSA) is 57.2 Å². The van der Waals surface area contributed by atoms with Gasteiger partial charge in [0.25, 0.3) is 5.91 Å². The highest BCUT2D eigenvalue weighted by Gasteiger charge is 2.35. The molecule has 1 aliphatic heterocycles. The van der Waals surface area contributed by atoms with Gasteiger partial charge in [-0.15, -0.1) is 0 Å². The van der Waals surface area contributed by atoms with E-state index in [2.05, 4.69) is 21.6 Å². The molecule has 2 N–H and O–H groups in total. The normalized spacial score (nSPS) is 24.3. The minimum absolute atomic E-state index is 0.0607. The number of nitrogens with zero attached hydrogens (tertiary/aromatic N) is 1. The van der Waals surface area contributed by atoms with Crippen molar-refractivity contribution in [2.45, 2.75) is 38.5 Å². The summed E-state index contributed by atoms with van der Waals surface area (Å²) in [7, 11) is 0. The Bertz CT molecular complexity index is 581. The molecule has 0 spiro atoms. The van der Waals surface area contributed by atoms with Gasteiger partial charge in [0.05, 0.1) is 11.3 Å². The molecule has 19 heavy (non-hydrogen) atoms. The summed E-state index contributed by atoms with van der Waals surface area (Å²) < 4.78 is 0. The van der Waals surface area contributed by atoms with Crippen molar-refractivity contribution in [2.24, 2.45) is 11.0 Å². The third kappa shape index (κ3) is 1.91. The molecule has 3 aliphatic rings. The van der Waals surface area contributed by atoms with Gasteiger partial charge in [0.2, 0.25) is 0 Å². The van der Waals surface area contributed by atoms with Crippen molar-refractivity contribution in [3.05, 3.63) is 28.6 Å². The zero-order chi connectivity index (χ0) is 12.8. The molecule has 98 valence electrons. The number of aromatic nitrogens is 1. The van der Waals surface area contributed by atoms with Crippen LogP contribution in [0.5, 0.6) is 0 Å². The van der Waals surface area contributed by atoms with E-state index in [4.69, 9.17) is 0 Å². The monoisotopic (exact) mass is 255 g/mol. The van der Waals surface area contributed by atoms with E-state index in [1.54, 1.807) is 0 Å². The maximum Gasteiger partial charge on any atom is 0.273 e. The minimum atomic E-state index is -0.0607. The van der Waals surface area contributed by atoms with Gasteiger partial charge in [0.1, 0.15) is 0 Å². The van der Waals surface area contributed by atoms with Gasteiger partial charge in [-0.05, 0) is 56.2 Å². The highest BCUT2D eigenvalue weighted by Crippen LogP contribution is 2.35. The van der Waals surface area contributed by atoms with Gasteiger partial charge in [-0.1, -0.05) is 0 Å². The summed E-state index contributed by atoms with van der Waals surface area (Å²) in [6.45, 7) is 0. The lowest BCUT2D eigenvalue weighted by atomic mass is 9.98. The first kappa shape index (κ1) is 11.0. The molecule has 1 fully saturated rings. The van der Waals surface area contributed by atoms with Gasteiger partial charge in [-0.2, -0.15) is 5.10 Å². The van der Waals surface area contributed by atoms with E-state index in [9.17, 15) is 4.79 Å². The van der Waals surface area contributed by atoms with Crippen LogP contribution in [0, 0.1) is 5.92 Å². The van der Waals surface area contributed by atoms with E-state index in [1.165, 1.54) is 24.1 Å². The van der Waals surface area contributed by atoms with Gasteiger partial charge < -0.3 is 4.98 Å². The lowest BCUT2D eigenvalue weighted by Gasteiger charge is -2.08. The number of aromatic amines is 1. The lowest BCUT2D eigenvalue weighted by Crippen LogP contribution is -2.13. The first-order chi connectivity index (χ1) is 9.31. The molecule has 2 heterocycles. The summed E-state index contributed by atoms with van der Waals surface area (Å²) in [6, 6.07) is 2.19. The number of hydrazone groups is 1. The number of rotatable bonds is 2. The largest absolute Gasteiger partial charge is 0.359 e. The van der Waals surface area contributed by atoms with Gasteiger partial charge in [0.15, 0.2) is 0 Å². The summed E-state index contributed by atoms with van der Waals surface area (Å²) >= 11 is 0. The fraction of sp³-hybridized carbons (Fsp3) is 0.467. The average Bonchev–Trinajstić information content (AvgIpc) is 3.07. The van der Waals surface area contributed by atoms with Crippen molar-refractivity contribution in [1.29, 1.82) is 0 Å². The molecule has 1 aromatic rings. The van der Waals surface area contributed by atoms with Crippen LogP contribution in [-0.2, 0) is 17.6 Å². The molecular weight excluding hydrogens is 238 g/mol. The molecular formula is C15H17N3O. The first-order valence-electron chi connectivity index (χ1n) is 7.12. The Balaban J connectivity index is 1.68. The minimum Gasteiger partial charge on any atom is -0.359 e. The fourth-order valence-corrected chi connectivity index (χ4v) is 3.02. The number of aryl methyl sites for hydroxylation is 2.